The van der Waals surface area contributed by atoms with E-state index in [1.54, 1.807) is 6.07 Å². The number of ether oxygens (including phenoxy) is 2. The maximum absolute atomic E-state index is 11.0. The maximum atomic E-state index is 11.0. The Balaban J connectivity index is 2.39. The van der Waals surface area contributed by atoms with E-state index in [0.29, 0.717) is 11.3 Å². The number of hydrogen-bond donors (Lipinski definition) is 0. The number of carbonyl (C=O) groups is 1. The van der Waals surface area contributed by atoms with Crippen LogP contribution in [0.4, 0.5) is 5.69 Å². The molecule has 2 rings (SSSR count). The van der Waals surface area contributed by atoms with Crippen LogP contribution in [0, 0.1) is 10.1 Å². The molecule has 0 aliphatic rings. The van der Waals surface area contributed by atoms with E-state index in [0.717, 1.165) is 0 Å². The summed E-state index contributed by atoms with van der Waals surface area (Å²) in [6.07, 6.45) is 0.610. The lowest BCUT2D eigenvalue weighted by molar-refractivity contribution is -0.384. The fraction of sp³-hybridized carbons (Fsp3) is 0.0714. The molecule has 108 valence electrons. The van der Waals surface area contributed by atoms with Gasteiger partial charge in [-0.2, -0.15) is 0 Å². The summed E-state index contributed by atoms with van der Waals surface area (Å²) >= 11 is 5.80. The third-order valence-corrected chi connectivity index (χ3v) is 2.91. The predicted molar refractivity (Wildman–Crippen MR) is 76.6 cm³/mol. The van der Waals surface area contributed by atoms with Gasteiger partial charge in [0.25, 0.3) is 5.69 Å². The summed E-state index contributed by atoms with van der Waals surface area (Å²) in [6.45, 7) is 0. The van der Waals surface area contributed by atoms with E-state index < -0.39 is 4.92 Å². The summed E-state index contributed by atoms with van der Waals surface area (Å²) in [5.41, 5.74) is 0.147. The smallest absolute Gasteiger partial charge is 0.273 e. The molecule has 0 bridgehead atoms. The lowest BCUT2D eigenvalue weighted by Crippen LogP contribution is -1.95. The van der Waals surface area contributed by atoms with Gasteiger partial charge < -0.3 is 9.47 Å². The summed E-state index contributed by atoms with van der Waals surface area (Å²) in [6, 6.07) is 8.50. The first kappa shape index (κ1) is 14.8. The van der Waals surface area contributed by atoms with Gasteiger partial charge in [-0.3, -0.25) is 14.9 Å². The minimum absolute atomic E-state index is 0.120. The van der Waals surface area contributed by atoms with Crippen LogP contribution in [0.2, 0.25) is 5.02 Å². The molecule has 0 atom stereocenters. The molecular formula is C14H10ClNO5. The van der Waals surface area contributed by atoms with E-state index in [1.807, 2.05) is 0 Å². The number of nitro groups is 1. The predicted octanol–water partition coefficient (Wildman–Crippen LogP) is 3.86. The zero-order valence-corrected chi connectivity index (χ0v) is 11.7. The van der Waals surface area contributed by atoms with Gasteiger partial charge in [0.15, 0.2) is 17.8 Å². The first-order chi connectivity index (χ1) is 10.0. The zero-order valence-electron chi connectivity index (χ0n) is 10.9. The van der Waals surface area contributed by atoms with Crippen LogP contribution in [-0.4, -0.2) is 18.3 Å². The van der Waals surface area contributed by atoms with Gasteiger partial charge >= 0.3 is 0 Å². The Morgan fingerprint density at radius 2 is 1.86 bits per heavy atom. The fourth-order valence-electron chi connectivity index (χ4n) is 1.68. The highest BCUT2D eigenvalue weighted by atomic mass is 35.5. The molecule has 0 aliphatic carbocycles. The van der Waals surface area contributed by atoms with Crippen molar-refractivity contribution in [2.75, 3.05) is 7.11 Å². The van der Waals surface area contributed by atoms with Crippen molar-refractivity contribution in [2.45, 2.75) is 0 Å². The lowest BCUT2D eigenvalue weighted by Gasteiger charge is -2.11. The highest BCUT2D eigenvalue weighted by molar-refractivity contribution is 6.30. The normalized spacial score (nSPS) is 10.0. The van der Waals surface area contributed by atoms with Crippen LogP contribution in [0.1, 0.15) is 10.4 Å². The highest BCUT2D eigenvalue weighted by Crippen LogP contribution is 2.35. The number of nitro benzene ring substituents is 1. The second kappa shape index (κ2) is 6.23. The van der Waals surface area contributed by atoms with Crippen LogP contribution >= 0.6 is 11.6 Å². The van der Waals surface area contributed by atoms with E-state index in [1.165, 1.54) is 37.4 Å². The fourth-order valence-corrected chi connectivity index (χ4v) is 1.86. The molecule has 7 heteroatoms. The summed E-state index contributed by atoms with van der Waals surface area (Å²) in [7, 11) is 1.37. The van der Waals surface area contributed by atoms with Crippen molar-refractivity contribution in [2.24, 2.45) is 0 Å². The molecule has 0 fully saturated rings. The molecule has 2 aromatic rings. The minimum atomic E-state index is -0.536. The topological polar surface area (TPSA) is 78.7 Å². The van der Waals surface area contributed by atoms with Gasteiger partial charge in [-0.1, -0.05) is 11.6 Å². The Bertz CT molecular complexity index is 702. The molecule has 0 N–H and O–H groups in total. The van der Waals surface area contributed by atoms with Crippen molar-refractivity contribution in [1.82, 2.24) is 0 Å². The van der Waals surface area contributed by atoms with Gasteiger partial charge in [-0.25, -0.2) is 0 Å². The third kappa shape index (κ3) is 3.29. The van der Waals surface area contributed by atoms with E-state index in [-0.39, 0.29) is 28.5 Å². The van der Waals surface area contributed by atoms with Crippen molar-refractivity contribution < 1.29 is 19.2 Å². The average molecular weight is 308 g/mol. The summed E-state index contributed by atoms with van der Waals surface area (Å²) in [5.74, 6) is 0.728. The number of rotatable bonds is 5. The molecule has 0 radical (unpaired) electrons. The molecule has 21 heavy (non-hydrogen) atoms. The molecular weight excluding hydrogens is 298 g/mol. The molecule has 0 heterocycles. The number of benzene rings is 2. The molecule has 0 unspecified atom stereocenters. The largest absolute Gasteiger partial charge is 0.493 e. The van der Waals surface area contributed by atoms with Crippen LogP contribution in [0.5, 0.6) is 17.2 Å². The highest BCUT2D eigenvalue weighted by Gasteiger charge is 2.14. The molecule has 0 spiro atoms. The molecule has 2 aromatic carbocycles. The summed E-state index contributed by atoms with van der Waals surface area (Å²) in [5, 5.41) is 11.1. The van der Waals surface area contributed by atoms with Crippen LogP contribution in [0.25, 0.3) is 0 Å². The molecule has 6 nitrogen and oxygen atoms in total. The number of carbonyl (C=O) groups excluding carboxylic acids is 1. The quantitative estimate of drug-likeness (QED) is 0.476. The number of aldehydes is 1. The molecule has 0 saturated carbocycles. The zero-order chi connectivity index (χ0) is 15.4. The Kier molecular flexibility index (Phi) is 4.39. The second-order valence-electron chi connectivity index (χ2n) is 3.99. The third-order valence-electron chi connectivity index (χ3n) is 2.68. The number of nitrogens with zero attached hydrogens (tertiary/aromatic N) is 1. The molecule has 0 aromatic heterocycles. The van der Waals surface area contributed by atoms with Crippen molar-refractivity contribution in [3.05, 3.63) is 57.1 Å². The van der Waals surface area contributed by atoms with E-state index >= 15 is 0 Å². The lowest BCUT2D eigenvalue weighted by atomic mass is 10.2. The Hall–Kier alpha value is -2.60. The number of hydrogen-bond acceptors (Lipinski definition) is 5. The van der Waals surface area contributed by atoms with Crippen LogP contribution in [0.15, 0.2) is 36.4 Å². The van der Waals surface area contributed by atoms with Gasteiger partial charge in [0.05, 0.1) is 23.7 Å². The SMILES string of the molecule is COc1cc([N+](=O)[O-])ccc1Oc1ccc(Cl)cc1C=O. The standard InChI is InChI=1S/C14H10ClNO5/c1-20-14-7-11(16(18)19)3-5-13(14)21-12-4-2-10(15)6-9(12)8-17/h2-8H,1H3. The minimum Gasteiger partial charge on any atom is -0.493 e. The van der Waals surface area contributed by atoms with Crippen molar-refractivity contribution >= 4 is 23.6 Å². The average Bonchev–Trinajstić information content (AvgIpc) is 2.49. The van der Waals surface area contributed by atoms with Gasteiger partial charge in [-0.05, 0) is 24.3 Å². The van der Waals surface area contributed by atoms with Gasteiger partial charge in [0.1, 0.15) is 5.75 Å². The van der Waals surface area contributed by atoms with E-state index in [4.69, 9.17) is 21.1 Å². The Morgan fingerprint density at radius 1 is 1.14 bits per heavy atom. The molecule has 0 aliphatic heterocycles. The van der Waals surface area contributed by atoms with E-state index in [9.17, 15) is 14.9 Å². The number of non-ortho nitro benzene ring substituents is 1. The van der Waals surface area contributed by atoms with Crippen molar-refractivity contribution in [3.8, 4) is 17.2 Å². The Morgan fingerprint density at radius 3 is 2.48 bits per heavy atom. The van der Waals surface area contributed by atoms with Crippen LogP contribution in [0.3, 0.4) is 0 Å². The van der Waals surface area contributed by atoms with Gasteiger partial charge in [-0.15, -0.1) is 0 Å². The molecule has 0 amide bonds. The van der Waals surface area contributed by atoms with E-state index in [2.05, 4.69) is 0 Å². The first-order valence-electron chi connectivity index (χ1n) is 5.80. The van der Waals surface area contributed by atoms with Gasteiger partial charge in [0.2, 0.25) is 0 Å². The van der Waals surface area contributed by atoms with Crippen molar-refractivity contribution in [3.63, 3.8) is 0 Å². The Labute approximate surface area is 125 Å². The monoisotopic (exact) mass is 307 g/mol. The van der Waals surface area contributed by atoms with Crippen LogP contribution < -0.4 is 9.47 Å². The maximum Gasteiger partial charge on any atom is 0.273 e. The first-order valence-corrected chi connectivity index (χ1v) is 6.18. The summed E-state index contributed by atoms with van der Waals surface area (Å²) in [4.78, 5) is 21.2. The number of methoxy groups -OCH3 is 1. The molecule has 0 saturated heterocycles. The van der Waals surface area contributed by atoms with Gasteiger partial charge in [0, 0.05) is 11.1 Å². The summed E-state index contributed by atoms with van der Waals surface area (Å²) < 4.78 is 10.6. The second-order valence-corrected chi connectivity index (χ2v) is 4.43. The van der Waals surface area contributed by atoms with Crippen LogP contribution in [-0.2, 0) is 0 Å². The number of halogens is 1. The van der Waals surface area contributed by atoms with Crippen molar-refractivity contribution in [1.29, 1.82) is 0 Å².